The van der Waals surface area contributed by atoms with Gasteiger partial charge in [-0.25, -0.2) is 0 Å². The number of ether oxygens (including phenoxy) is 2. The molecule has 0 heterocycles. The summed E-state index contributed by atoms with van der Waals surface area (Å²) in [5.74, 6) is 2.51. The van der Waals surface area contributed by atoms with E-state index in [2.05, 4.69) is 32.9 Å². The lowest BCUT2D eigenvalue weighted by Gasteiger charge is -2.39. The summed E-state index contributed by atoms with van der Waals surface area (Å²) in [6, 6.07) is 0. The highest BCUT2D eigenvalue weighted by Crippen LogP contribution is 2.60. The molecule has 1 fully saturated rings. The summed E-state index contributed by atoms with van der Waals surface area (Å²) >= 11 is 0. The van der Waals surface area contributed by atoms with Crippen LogP contribution in [0.1, 0.15) is 33.6 Å². The summed E-state index contributed by atoms with van der Waals surface area (Å²) < 4.78 is 11.0. The van der Waals surface area contributed by atoms with Gasteiger partial charge in [0.1, 0.15) is 11.5 Å². The number of hydrogen-bond donors (Lipinski definition) is 0. The fraction of sp³-hybridized carbons (Fsp3) is 0.714. The van der Waals surface area contributed by atoms with Crippen molar-refractivity contribution in [1.82, 2.24) is 0 Å². The Labute approximate surface area is 98.3 Å². The van der Waals surface area contributed by atoms with Crippen LogP contribution < -0.4 is 0 Å². The highest BCUT2D eigenvalue weighted by atomic mass is 16.5. The van der Waals surface area contributed by atoms with Gasteiger partial charge in [-0.15, -0.1) is 0 Å². The van der Waals surface area contributed by atoms with E-state index in [1.165, 1.54) is 12.8 Å². The van der Waals surface area contributed by atoms with Crippen LogP contribution in [0, 0.1) is 16.7 Å². The van der Waals surface area contributed by atoms with Crippen LogP contribution in [0.4, 0.5) is 0 Å². The molecule has 2 heteroatoms. The van der Waals surface area contributed by atoms with Crippen molar-refractivity contribution in [2.45, 2.75) is 33.6 Å². The van der Waals surface area contributed by atoms with Crippen LogP contribution in [0.2, 0.25) is 0 Å². The number of rotatable bonds is 2. The van der Waals surface area contributed by atoms with Crippen LogP contribution in [0.5, 0.6) is 0 Å². The molecule has 0 unspecified atom stereocenters. The molecule has 0 aromatic rings. The van der Waals surface area contributed by atoms with Crippen LogP contribution in [-0.2, 0) is 9.47 Å². The van der Waals surface area contributed by atoms with Gasteiger partial charge in [-0.05, 0) is 29.7 Å². The summed E-state index contributed by atoms with van der Waals surface area (Å²) in [5, 5.41) is 0. The number of allylic oxidation sites excluding steroid dienone is 3. The van der Waals surface area contributed by atoms with Crippen LogP contribution in [-0.4, -0.2) is 14.2 Å². The van der Waals surface area contributed by atoms with Crippen LogP contribution in [0.15, 0.2) is 23.7 Å². The minimum atomic E-state index is 0.208. The summed E-state index contributed by atoms with van der Waals surface area (Å²) in [5.41, 5.74) is 0.439. The van der Waals surface area contributed by atoms with Crippen molar-refractivity contribution in [3.05, 3.63) is 23.7 Å². The fourth-order valence-corrected chi connectivity index (χ4v) is 3.20. The molecular weight excluding hydrogens is 200 g/mol. The van der Waals surface area contributed by atoms with E-state index in [0.29, 0.717) is 5.92 Å². The Morgan fingerprint density at radius 3 is 2.44 bits per heavy atom. The zero-order chi connectivity index (χ0) is 12.0. The summed E-state index contributed by atoms with van der Waals surface area (Å²) in [7, 11) is 3.49. The molecule has 2 aliphatic carbocycles. The molecule has 2 atom stereocenters. The number of fused-ring (bicyclic) bond motifs is 2. The quantitative estimate of drug-likeness (QED) is 0.712. The second-order valence-electron chi connectivity index (χ2n) is 5.73. The lowest BCUT2D eigenvalue weighted by Crippen LogP contribution is -2.33. The maximum absolute atomic E-state index is 5.55. The first kappa shape index (κ1) is 11.6. The highest BCUT2D eigenvalue weighted by Gasteiger charge is 2.53. The zero-order valence-electron chi connectivity index (χ0n) is 11.0. The van der Waals surface area contributed by atoms with Gasteiger partial charge in [0.2, 0.25) is 0 Å². The molecule has 0 aromatic carbocycles. The van der Waals surface area contributed by atoms with E-state index in [1.807, 2.05) is 0 Å². The van der Waals surface area contributed by atoms with Crippen molar-refractivity contribution in [3.8, 4) is 0 Å². The van der Waals surface area contributed by atoms with Crippen molar-refractivity contribution in [2.24, 2.45) is 16.7 Å². The van der Waals surface area contributed by atoms with Crippen LogP contribution in [0.25, 0.3) is 0 Å². The first-order valence-electron chi connectivity index (χ1n) is 5.97. The Morgan fingerprint density at radius 2 is 1.88 bits per heavy atom. The standard InChI is InChI=1S/C14H22O2/c1-13(2)11-6-7-14(13,3)9-10(15-4)8-12(11)16-5/h8-9,11H,6-7H2,1-5H3/t11-,14+/m0/s1. The largest absolute Gasteiger partial charge is 0.501 e. The van der Waals surface area contributed by atoms with Gasteiger partial charge in [-0.1, -0.05) is 20.8 Å². The Bertz CT molecular complexity index is 352. The van der Waals surface area contributed by atoms with Crippen LogP contribution in [0.3, 0.4) is 0 Å². The van der Waals surface area contributed by atoms with Gasteiger partial charge >= 0.3 is 0 Å². The minimum Gasteiger partial charge on any atom is -0.501 e. The molecule has 2 nitrogen and oxygen atoms in total. The van der Waals surface area contributed by atoms with E-state index in [4.69, 9.17) is 9.47 Å². The summed E-state index contributed by atoms with van der Waals surface area (Å²) in [4.78, 5) is 0. The minimum absolute atomic E-state index is 0.208. The normalized spacial score (nSPS) is 36.2. The van der Waals surface area contributed by atoms with Crippen molar-refractivity contribution < 1.29 is 9.47 Å². The average molecular weight is 222 g/mol. The van der Waals surface area contributed by atoms with Gasteiger partial charge in [0, 0.05) is 12.0 Å². The van der Waals surface area contributed by atoms with E-state index in [-0.39, 0.29) is 10.8 Å². The molecule has 0 radical (unpaired) electrons. The third kappa shape index (κ3) is 1.39. The Kier molecular flexibility index (Phi) is 2.56. The highest BCUT2D eigenvalue weighted by molar-refractivity contribution is 5.30. The SMILES string of the molecule is COC1=C[C@@]2(C)CC[C@@H](C(OC)=C1)C2(C)C. The van der Waals surface area contributed by atoms with Crippen LogP contribution >= 0.6 is 0 Å². The molecule has 90 valence electrons. The van der Waals surface area contributed by atoms with Gasteiger partial charge < -0.3 is 9.47 Å². The Hall–Kier alpha value is -0.920. The predicted molar refractivity (Wildman–Crippen MR) is 64.8 cm³/mol. The predicted octanol–water partition coefficient (Wildman–Crippen LogP) is 3.50. The molecule has 2 aliphatic rings. The number of hydrogen-bond acceptors (Lipinski definition) is 2. The maximum Gasteiger partial charge on any atom is 0.118 e. The first-order valence-corrected chi connectivity index (χ1v) is 5.97. The molecule has 0 aromatic heterocycles. The molecule has 0 spiro atoms. The van der Waals surface area contributed by atoms with Gasteiger partial charge in [0.05, 0.1) is 14.2 Å². The topological polar surface area (TPSA) is 18.5 Å². The second kappa shape index (κ2) is 3.54. The van der Waals surface area contributed by atoms with Gasteiger partial charge in [0.25, 0.3) is 0 Å². The van der Waals surface area contributed by atoms with Crippen molar-refractivity contribution in [2.75, 3.05) is 14.2 Å². The first-order chi connectivity index (χ1) is 7.44. The van der Waals surface area contributed by atoms with Gasteiger partial charge in [-0.3, -0.25) is 0 Å². The maximum atomic E-state index is 5.55. The molecule has 0 N–H and O–H groups in total. The molecule has 2 rings (SSSR count). The Balaban J connectivity index is 2.52. The van der Waals surface area contributed by atoms with Gasteiger partial charge in [-0.2, -0.15) is 0 Å². The number of methoxy groups -OCH3 is 2. The monoisotopic (exact) mass is 222 g/mol. The fourth-order valence-electron chi connectivity index (χ4n) is 3.20. The Morgan fingerprint density at radius 1 is 1.19 bits per heavy atom. The molecule has 0 amide bonds. The summed E-state index contributed by atoms with van der Waals surface area (Å²) in [6.07, 6.45) is 6.74. The van der Waals surface area contributed by atoms with Gasteiger partial charge in [0.15, 0.2) is 0 Å². The van der Waals surface area contributed by atoms with E-state index in [9.17, 15) is 0 Å². The van der Waals surface area contributed by atoms with E-state index in [0.717, 1.165) is 11.5 Å². The van der Waals surface area contributed by atoms with E-state index >= 15 is 0 Å². The molecule has 16 heavy (non-hydrogen) atoms. The molecule has 1 saturated carbocycles. The third-order valence-electron chi connectivity index (χ3n) is 4.86. The van der Waals surface area contributed by atoms with E-state index < -0.39 is 0 Å². The zero-order valence-corrected chi connectivity index (χ0v) is 11.0. The third-order valence-corrected chi connectivity index (χ3v) is 4.86. The van der Waals surface area contributed by atoms with Crippen molar-refractivity contribution in [1.29, 1.82) is 0 Å². The molecule has 0 aliphatic heterocycles. The van der Waals surface area contributed by atoms with Crippen molar-refractivity contribution >= 4 is 0 Å². The summed E-state index contributed by atoms with van der Waals surface area (Å²) in [6.45, 7) is 7.01. The smallest absolute Gasteiger partial charge is 0.118 e. The second-order valence-corrected chi connectivity index (χ2v) is 5.73. The van der Waals surface area contributed by atoms with E-state index in [1.54, 1.807) is 14.2 Å². The molecule has 0 saturated heterocycles. The molecular formula is C14H22O2. The lowest BCUT2D eigenvalue weighted by molar-refractivity contribution is 0.113. The van der Waals surface area contributed by atoms with Crippen molar-refractivity contribution in [3.63, 3.8) is 0 Å². The lowest BCUT2D eigenvalue weighted by atomic mass is 9.66. The average Bonchev–Trinajstić information content (AvgIpc) is 2.39. The molecule has 2 bridgehead atoms.